The third-order valence-electron chi connectivity index (χ3n) is 5.19. The van der Waals surface area contributed by atoms with Gasteiger partial charge < -0.3 is 5.32 Å². The van der Waals surface area contributed by atoms with Crippen LogP contribution in [0.4, 0.5) is 11.5 Å². The number of hydrogen-bond acceptors (Lipinski definition) is 6. The Morgan fingerprint density at radius 1 is 0.900 bits per heavy atom. The largest absolute Gasteiger partial charge is 0.340 e. The molecule has 30 heavy (non-hydrogen) atoms. The highest BCUT2D eigenvalue weighted by atomic mass is 35.5. The highest BCUT2D eigenvalue weighted by Crippen LogP contribution is 2.43. The SMILES string of the molecule is Clc1ccnc2cc(-c3ccccn3)nc(Nc3ccc4nc(C5CC5)sc4c3)c12. The smallest absolute Gasteiger partial charge is 0.142 e. The van der Waals surface area contributed by atoms with E-state index in [9.17, 15) is 0 Å². The van der Waals surface area contributed by atoms with Crippen LogP contribution in [0.15, 0.2) is 60.9 Å². The van der Waals surface area contributed by atoms with Crippen molar-refractivity contribution in [3.8, 4) is 11.4 Å². The molecule has 1 N–H and O–H groups in total. The van der Waals surface area contributed by atoms with Crippen LogP contribution in [0.25, 0.3) is 32.5 Å². The van der Waals surface area contributed by atoms with Gasteiger partial charge in [-0.25, -0.2) is 9.97 Å². The van der Waals surface area contributed by atoms with Crippen LogP contribution in [-0.4, -0.2) is 19.9 Å². The third-order valence-corrected chi connectivity index (χ3v) is 6.69. The first kappa shape index (κ1) is 17.7. The first-order valence-electron chi connectivity index (χ1n) is 9.79. The molecular weight excluding hydrogens is 414 g/mol. The lowest BCUT2D eigenvalue weighted by Gasteiger charge is -2.12. The molecule has 1 aliphatic rings. The number of aromatic nitrogens is 4. The first-order valence-corrected chi connectivity index (χ1v) is 11.0. The van der Waals surface area contributed by atoms with E-state index in [1.54, 1.807) is 29.8 Å². The molecule has 0 spiro atoms. The Hall–Kier alpha value is -3.09. The summed E-state index contributed by atoms with van der Waals surface area (Å²) in [5.41, 5.74) is 4.30. The van der Waals surface area contributed by atoms with Crippen molar-refractivity contribution < 1.29 is 0 Å². The molecule has 1 aromatic carbocycles. The molecule has 5 aromatic rings. The van der Waals surface area contributed by atoms with Crippen LogP contribution >= 0.6 is 22.9 Å². The molecule has 0 unspecified atom stereocenters. The van der Waals surface area contributed by atoms with E-state index in [1.165, 1.54) is 22.5 Å². The van der Waals surface area contributed by atoms with Gasteiger partial charge in [0.1, 0.15) is 5.82 Å². The van der Waals surface area contributed by atoms with E-state index in [4.69, 9.17) is 21.6 Å². The van der Waals surface area contributed by atoms with Gasteiger partial charge in [0.15, 0.2) is 0 Å². The number of nitrogens with one attached hydrogen (secondary N) is 1. The maximum atomic E-state index is 6.52. The van der Waals surface area contributed by atoms with E-state index in [-0.39, 0.29) is 0 Å². The molecule has 0 saturated heterocycles. The number of hydrogen-bond donors (Lipinski definition) is 1. The summed E-state index contributed by atoms with van der Waals surface area (Å²) in [4.78, 5) is 18.6. The van der Waals surface area contributed by atoms with Gasteiger partial charge in [-0.2, -0.15) is 0 Å². The summed E-state index contributed by atoms with van der Waals surface area (Å²) in [6.45, 7) is 0. The monoisotopic (exact) mass is 429 g/mol. The number of pyridine rings is 3. The quantitative estimate of drug-likeness (QED) is 0.349. The minimum absolute atomic E-state index is 0.609. The normalized spacial score (nSPS) is 13.8. The van der Waals surface area contributed by atoms with E-state index in [0.29, 0.717) is 16.8 Å². The predicted molar refractivity (Wildman–Crippen MR) is 123 cm³/mol. The van der Waals surface area contributed by atoms with Crippen LogP contribution in [0.3, 0.4) is 0 Å². The fourth-order valence-corrected chi connectivity index (χ4v) is 4.95. The Balaban J connectivity index is 1.47. The molecule has 146 valence electrons. The highest BCUT2D eigenvalue weighted by molar-refractivity contribution is 7.18. The molecule has 6 rings (SSSR count). The summed E-state index contributed by atoms with van der Waals surface area (Å²) >= 11 is 8.30. The van der Waals surface area contributed by atoms with Crippen LogP contribution in [0.2, 0.25) is 5.02 Å². The second kappa shape index (κ2) is 7.00. The molecular formula is C23H16ClN5S. The van der Waals surface area contributed by atoms with E-state index < -0.39 is 0 Å². The van der Waals surface area contributed by atoms with Crippen molar-refractivity contribution in [3.05, 3.63) is 71.0 Å². The third kappa shape index (κ3) is 3.18. The molecule has 0 aliphatic heterocycles. The zero-order valence-corrected chi connectivity index (χ0v) is 17.4. The van der Waals surface area contributed by atoms with Crippen LogP contribution in [0, 0.1) is 0 Å². The van der Waals surface area contributed by atoms with Gasteiger partial charge in [-0.15, -0.1) is 11.3 Å². The number of rotatable bonds is 4. The van der Waals surface area contributed by atoms with E-state index in [2.05, 4.69) is 27.4 Å². The van der Waals surface area contributed by atoms with Crippen molar-refractivity contribution in [2.75, 3.05) is 5.32 Å². The van der Waals surface area contributed by atoms with Crippen LogP contribution in [0.5, 0.6) is 0 Å². The second-order valence-electron chi connectivity index (χ2n) is 7.39. The lowest BCUT2D eigenvalue weighted by Crippen LogP contribution is -1.99. The van der Waals surface area contributed by atoms with Crippen molar-refractivity contribution in [2.24, 2.45) is 0 Å². The lowest BCUT2D eigenvalue weighted by atomic mass is 10.1. The summed E-state index contributed by atoms with van der Waals surface area (Å²) < 4.78 is 1.18. The molecule has 4 aromatic heterocycles. The van der Waals surface area contributed by atoms with Gasteiger partial charge in [0.2, 0.25) is 0 Å². The summed E-state index contributed by atoms with van der Waals surface area (Å²) in [6.07, 6.45) is 5.98. The predicted octanol–water partition coefficient (Wildman–Crippen LogP) is 6.58. The van der Waals surface area contributed by atoms with Crippen molar-refractivity contribution in [2.45, 2.75) is 18.8 Å². The molecule has 0 radical (unpaired) electrons. The zero-order valence-electron chi connectivity index (χ0n) is 15.8. The Morgan fingerprint density at radius 2 is 1.83 bits per heavy atom. The molecule has 1 saturated carbocycles. The molecule has 7 heteroatoms. The van der Waals surface area contributed by atoms with E-state index in [1.807, 2.05) is 30.3 Å². The Bertz CT molecular complexity index is 1400. The lowest BCUT2D eigenvalue weighted by molar-refractivity contribution is 1.10. The summed E-state index contributed by atoms with van der Waals surface area (Å²) in [7, 11) is 0. The highest BCUT2D eigenvalue weighted by Gasteiger charge is 2.27. The van der Waals surface area contributed by atoms with Crippen LogP contribution in [0.1, 0.15) is 23.8 Å². The fourth-order valence-electron chi connectivity index (χ4n) is 3.53. The topological polar surface area (TPSA) is 63.6 Å². The van der Waals surface area contributed by atoms with Crippen molar-refractivity contribution >= 4 is 55.6 Å². The van der Waals surface area contributed by atoms with Gasteiger partial charge in [-0.05, 0) is 55.3 Å². The Kier molecular flexibility index (Phi) is 4.14. The zero-order chi connectivity index (χ0) is 20.1. The average Bonchev–Trinajstić information content (AvgIpc) is 3.53. The number of benzene rings is 1. The van der Waals surface area contributed by atoms with Crippen molar-refractivity contribution in [3.63, 3.8) is 0 Å². The van der Waals surface area contributed by atoms with Gasteiger partial charge in [-0.1, -0.05) is 17.7 Å². The van der Waals surface area contributed by atoms with Gasteiger partial charge >= 0.3 is 0 Å². The van der Waals surface area contributed by atoms with Gasteiger partial charge in [-0.3, -0.25) is 9.97 Å². The second-order valence-corrected chi connectivity index (χ2v) is 8.86. The summed E-state index contributed by atoms with van der Waals surface area (Å²) in [6, 6.07) is 15.7. The Labute approximate surface area is 181 Å². The molecule has 0 bridgehead atoms. The number of halogens is 1. The van der Waals surface area contributed by atoms with Crippen LogP contribution < -0.4 is 5.32 Å². The van der Waals surface area contributed by atoms with Crippen LogP contribution in [-0.2, 0) is 0 Å². The number of anilines is 2. The summed E-state index contributed by atoms with van der Waals surface area (Å²) in [5.74, 6) is 1.32. The van der Waals surface area contributed by atoms with Crippen molar-refractivity contribution in [1.82, 2.24) is 19.9 Å². The first-order chi connectivity index (χ1) is 14.7. The molecule has 1 aliphatic carbocycles. The molecule has 5 nitrogen and oxygen atoms in total. The van der Waals surface area contributed by atoms with Gasteiger partial charge in [0.25, 0.3) is 0 Å². The number of thiazole rings is 1. The average molecular weight is 430 g/mol. The van der Waals surface area contributed by atoms with Gasteiger partial charge in [0.05, 0.1) is 42.5 Å². The maximum absolute atomic E-state index is 6.52. The standard InChI is InChI=1S/C23H16ClN5S/c24-15-8-10-26-19-12-18(16-3-1-2-9-25-16)28-22(21(15)19)27-14-6-7-17-20(11-14)30-23(29-17)13-4-5-13/h1-3,6-13H,4-5H2,(H,27,28). The van der Waals surface area contributed by atoms with Gasteiger partial charge in [0, 0.05) is 24.0 Å². The summed E-state index contributed by atoms with van der Waals surface area (Å²) in [5, 5.41) is 6.11. The Morgan fingerprint density at radius 3 is 2.67 bits per heavy atom. The molecule has 0 atom stereocenters. The molecule has 4 heterocycles. The molecule has 0 amide bonds. The minimum atomic E-state index is 0.609. The minimum Gasteiger partial charge on any atom is -0.340 e. The fraction of sp³-hybridized carbons (Fsp3) is 0.130. The number of fused-ring (bicyclic) bond motifs is 2. The number of nitrogens with zero attached hydrogens (tertiary/aromatic N) is 4. The van der Waals surface area contributed by atoms with E-state index >= 15 is 0 Å². The maximum Gasteiger partial charge on any atom is 0.142 e. The van der Waals surface area contributed by atoms with Crippen molar-refractivity contribution in [1.29, 1.82) is 0 Å². The van der Waals surface area contributed by atoms with E-state index in [0.717, 1.165) is 33.5 Å². The molecule has 1 fully saturated rings.